The highest BCUT2D eigenvalue weighted by atomic mass is 13.9. The van der Waals surface area contributed by atoms with E-state index in [-0.39, 0.29) is 0 Å². The fourth-order valence-electron chi connectivity index (χ4n) is 1.17. The van der Waals surface area contributed by atoms with Gasteiger partial charge in [0.1, 0.15) is 0 Å². The van der Waals surface area contributed by atoms with Gasteiger partial charge in [-0.15, -0.1) is 24.5 Å². The van der Waals surface area contributed by atoms with Crippen LogP contribution in [0.3, 0.4) is 0 Å². The Morgan fingerprint density at radius 3 is 2.00 bits per heavy atom. The zero-order chi connectivity index (χ0) is 8.27. The molecule has 56 valence electrons. The molecule has 0 aliphatic carbocycles. The van der Waals surface area contributed by atoms with Gasteiger partial charge in [0.15, 0.2) is 0 Å². The number of hydrogen-bond acceptors (Lipinski definition) is 0. The summed E-state index contributed by atoms with van der Waals surface area (Å²) in [7, 11) is 0. The van der Waals surface area contributed by atoms with Gasteiger partial charge in [0.05, 0.1) is 0 Å². The molecule has 0 aromatic carbocycles. The highest BCUT2D eigenvalue weighted by Gasteiger charge is 2.03. The van der Waals surface area contributed by atoms with Crippen LogP contribution in [0.15, 0.2) is 47.8 Å². The molecule has 0 fully saturated rings. The van der Waals surface area contributed by atoms with E-state index in [0.29, 0.717) is 6.71 Å². The number of allylic oxidation sites excluding steroid dienone is 4. The van der Waals surface area contributed by atoms with Crippen molar-refractivity contribution in [2.45, 2.75) is 13.8 Å². The molecule has 0 spiro atoms. The van der Waals surface area contributed by atoms with Gasteiger partial charge < -0.3 is 0 Å². The molecule has 1 rings (SSSR count). The SMILES string of the molecule is C=CB1C=C(C)C=CC(C)=C1. The summed E-state index contributed by atoms with van der Waals surface area (Å²) in [5.74, 6) is 6.38. The third-order valence-corrected chi connectivity index (χ3v) is 1.79. The second kappa shape index (κ2) is 3.43. The maximum absolute atomic E-state index is 3.78. The van der Waals surface area contributed by atoms with Gasteiger partial charge >= 0.3 is 0 Å². The molecule has 0 saturated heterocycles. The minimum Gasteiger partial charge on any atom is -0.114 e. The molecule has 0 amide bonds. The van der Waals surface area contributed by atoms with Gasteiger partial charge in [0.2, 0.25) is 6.71 Å². The summed E-state index contributed by atoms with van der Waals surface area (Å²) in [6.45, 7) is 8.41. The molecule has 0 atom stereocenters. The summed E-state index contributed by atoms with van der Waals surface area (Å²) in [5.41, 5.74) is 2.62. The van der Waals surface area contributed by atoms with Gasteiger partial charge in [-0.2, -0.15) is 0 Å². The summed E-state index contributed by atoms with van der Waals surface area (Å²) in [6, 6.07) is 0. The highest BCUT2D eigenvalue weighted by Crippen LogP contribution is 2.09. The zero-order valence-electron chi connectivity index (χ0n) is 7.17. The minimum atomic E-state index is 0.407. The molecular formula is C10H13B. The van der Waals surface area contributed by atoms with Gasteiger partial charge in [-0.3, -0.25) is 0 Å². The lowest BCUT2D eigenvalue weighted by molar-refractivity contribution is 1.50. The Morgan fingerprint density at radius 2 is 1.64 bits per heavy atom. The second-order valence-electron chi connectivity index (χ2n) is 2.97. The van der Waals surface area contributed by atoms with E-state index in [1.807, 2.05) is 5.98 Å². The predicted octanol–water partition coefficient (Wildman–Crippen LogP) is 2.75. The quantitative estimate of drug-likeness (QED) is 0.496. The Hall–Kier alpha value is -0.975. The van der Waals surface area contributed by atoms with Crippen molar-refractivity contribution in [3.63, 3.8) is 0 Å². The van der Waals surface area contributed by atoms with Gasteiger partial charge in [-0.25, -0.2) is 0 Å². The molecule has 0 N–H and O–H groups in total. The molecule has 11 heavy (non-hydrogen) atoms. The molecule has 0 unspecified atom stereocenters. The molecule has 1 aliphatic rings. The lowest BCUT2D eigenvalue weighted by atomic mass is 9.49. The van der Waals surface area contributed by atoms with E-state index in [1.165, 1.54) is 11.1 Å². The predicted molar refractivity (Wildman–Crippen MR) is 52.6 cm³/mol. The van der Waals surface area contributed by atoms with Gasteiger partial charge in [0, 0.05) is 0 Å². The van der Waals surface area contributed by atoms with E-state index >= 15 is 0 Å². The van der Waals surface area contributed by atoms with Gasteiger partial charge in [0.25, 0.3) is 0 Å². The van der Waals surface area contributed by atoms with E-state index in [4.69, 9.17) is 0 Å². The molecule has 0 saturated carbocycles. The topological polar surface area (TPSA) is 0 Å². The summed E-state index contributed by atoms with van der Waals surface area (Å²) in [4.78, 5) is 0. The number of hydrogen-bond donors (Lipinski definition) is 0. The van der Waals surface area contributed by atoms with Crippen molar-refractivity contribution >= 4 is 6.71 Å². The van der Waals surface area contributed by atoms with Crippen molar-refractivity contribution < 1.29 is 0 Å². The van der Waals surface area contributed by atoms with Crippen molar-refractivity contribution in [1.82, 2.24) is 0 Å². The lowest BCUT2D eigenvalue weighted by Crippen LogP contribution is -2.01. The fourth-order valence-corrected chi connectivity index (χ4v) is 1.17. The average Bonchev–Trinajstić information content (AvgIpc) is 2.13. The Balaban J connectivity index is 2.92. The van der Waals surface area contributed by atoms with E-state index in [9.17, 15) is 0 Å². The van der Waals surface area contributed by atoms with Crippen LogP contribution in [0.5, 0.6) is 0 Å². The Morgan fingerprint density at radius 1 is 1.18 bits per heavy atom. The second-order valence-corrected chi connectivity index (χ2v) is 2.97. The van der Waals surface area contributed by atoms with Crippen molar-refractivity contribution in [3.8, 4) is 0 Å². The largest absolute Gasteiger partial charge is 0.218 e. The molecule has 0 aromatic heterocycles. The van der Waals surface area contributed by atoms with Crippen LogP contribution in [0.1, 0.15) is 13.8 Å². The molecule has 0 aromatic rings. The van der Waals surface area contributed by atoms with Crippen LogP contribution in [-0.4, -0.2) is 6.71 Å². The molecule has 1 heterocycles. The first-order valence-corrected chi connectivity index (χ1v) is 3.90. The van der Waals surface area contributed by atoms with Crippen LogP contribution < -0.4 is 0 Å². The van der Waals surface area contributed by atoms with Crippen LogP contribution in [0, 0.1) is 0 Å². The minimum absolute atomic E-state index is 0.407. The molecule has 0 nitrogen and oxygen atoms in total. The molecule has 1 aliphatic heterocycles. The van der Waals surface area contributed by atoms with E-state index in [1.54, 1.807) is 0 Å². The van der Waals surface area contributed by atoms with Crippen molar-refractivity contribution in [1.29, 1.82) is 0 Å². The first-order valence-electron chi connectivity index (χ1n) is 3.90. The average molecular weight is 144 g/mol. The third kappa shape index (κ3) is 2.26. The molecule has 0 radical (unpaired) electrons. The van der Waals surface area contributed by atoms with Crippen LogP contribution in [0.2, 0.25) is 0 Å². The smallest absolute Gasteiger partial charge is 0.114 e. The number of rotatable bonds is 1. The maximum atomic E-state index is 3.78. The summed E-state index contributed by atoms with van der Waals surface area (Å²) < 4.78 is 0. The molecule has 0 bridgehead atoms. The van der Waals surface area contributed by atoms with Crippen LogP contribution in [-0.2, 0) is 0 Å². The van der Waals surface area contributed by atoms with Gasteiger partial charge in [-0.05, 0) is 13.8 Å². The zero-order valence-corrected chi connectivity index (χ0v) is 7.17. The van der Waals surface area contributed by atoms with Crippen LogP contribution in [0.25, 0.3) is 0 Å². The van der Waals surface area contributed by atoms with Crippen LogP contribution >= 0.6 is 0 Å². The van der Waals surface area contributed by atoms with Crippen molar-refractivity contribution in [3.05, 3.63) is 47.8 Å². The third-order valence-electron chi connectivity index (χ3n) is 1.79. The lowest BCUT2D eigenvalue weighted by Gasteiger charge is -1.94. The van der Waals surface area contributed by atoms with Crippen molar-refractivity contribution in [2.75, 3.05) is 0 Å². The molecule has 1 heteroatoms. The Bertz CT molecular complexity index is 222. The monoisotopic (exact) mass is 144 g/mol. The maximum Gasteiger partial charge on any atom is 0.218 e. The van der Waals surface area contributed by atoms with Gasteiger partial charge in [-0.1, -0.05) is 23.3 Å². The first-order chi connectivity index (χ1) is 5.22. The first kappa shape index (κ1) is 8.12. The Labute approximate surface area is 69.1 Å². The van der Waals surface area contributed by atoms with Crippen LogP contribution in [0.4, 0.5) is 0 Å². The van der Waals surface area contributed by atoms with E-state index in [0.717, 1.165) is 0 Å². The molecular weight excluding hydrogens is 131 g/mol. The Kier molecular flexibility index (Phi) is 2.53. The fraction of sp³-hybridized carbons (Fsp3) is 0.200. The van der Waals surface area contributed by atoms with E-state index in [2.05, 4.69) is 44.5 Å². The normalized spacial score (nSPS) is 17.1. The summed E-state index contributed by atoms with van der Waals surface area (Å²) in [6.07, 6.45) is 4.27. The van der Waals surface area contributed by atoms with Crippen molar-refractivity contribution in [2.24, 2.45) is 0 Å². The standard InChI is InChI=1S/C10H13B/c1-4-11-7-9(2)5-6-10(3)8-11/h4-8H,1H2,2-3H3. The summed E-state index contributed by atoms with van der Waals surface area (Å²) in [5, 5.41) is 0. The summed E-state index contributed by atoms with van der Waals surface area (Å²) >= 11 is 0. The highest BCUT2D eigenvalue weighted by molar-refractivity contribution is 6.74. The van der Waals surface area contributed by atoms with E-state index < -0.39 is 0 Å².